The van der Waals surface area contributed by atoms with E-state index in [0.717, 1.165) is 17.7 Å². The standard InChI is InChI=1S/C21H28N2O/c1-6-21(23(4)5,16-17-10-8-7-9-11-17)20(24)18-12-14-19(15-13-18)22(2)3/h7-15H,6,16H2,1-5H3. The van der Waals surface area contributed by atoms with Gasteiger partial charge in [-0.25, -0.2) is 0 Å². The van der Waals surface area contributed by atoms with Gasteiger partial charge in [0.1, 0.15) is 0 Å². The van der Waals surface area contributed by atoms with Gasteiger partial charge in [0.15, 0.2) is 5.78 Å². The Morgan fingerprint density at radius 3 is 1.96 bits per heavy atom. The number of anilines is 1. The van der Waals surface area contributed by atoms with Crippen LogP contribution in [0.2, 0.25) is 0 Å². The minimum absolute atomic E-state index is 0.184. The Morgan fingerprint density at radius 1 is 0.917 bits per heavy atom. The van der Waals surface area contributed by atoms with Gasteiger partial charge in [-0.05, 0) is 56.8 Å². The van der Waals surface area contributed by atoms with E-state index in [9.17, 15) is 4.79 Å². The fourth-order valence-electron chi connectivity index (χ4n) is 3.16. The van der Waals surface area contributed by atoms with Crippen LogP contribution in [0.1, 0.15) is 29.3 Å². The van der Waals surface area contributed by atoms with E-state index in [2.05, 4.69) is 24.0 Å². The Labute approximate surface area is 145 Å². The molecule has 2 aromatic carbocycles. The maximum atomic E-state index is 13.4. The van der Waals surface area contributed by atoms with Crippen LogP contribution in [0, 0.1) is 0 Å². The number of carbonyl (C=O) groups excluding carboxylic acids is 1. The molecule has 2 aromatic rings. The Hall–Kier alpha value is -2.13. The fraction of sp³-hybridized carbons (Fsp3) is 0.381. The van der Waals surface area contributed by atoms with Crippen LogP contribution in [0.15, 0.2) is 54.6 Å². The van der Waals surface area contributed by atoms with Gasteiger partial charge in [0.05, 0.1) is 5.54 Å². The Kier molecular flexibility index (Phi) is 5.79. The molecule has 0 aromatic heterocycles. The van der Waals surface area contributed by atoms with Crippen molar-refractivity contribution in [1.82, 2.24) is 4.90 Å². The lowest BCUT2D eigenvalue weighted by Crippen LogP contribution is -2.52. The lowest BCUT2D eigenvalue weighted by molar-refractivity contribution is 0.0666. The molecule has 0 amide bonds. The molecule has 1 unspecified atom stereocenters. The minimum Gasteiger partial charge on any atom is -0.378 e. The number of ketones is 1. The highest BCUT2D eigenvalue weighted by Gasteiger charge is 2.39. The molecule has 0 aliphatic carbocycles. The van der Waals surface area contributed by atoms with E-state index >= 15 is 0 Å². The second kappa shape index (κ2) is 7.63. The predicted octanol–water partition coefficient (Wildman–Crippen LogP) is 3.89. The molecule has 128 valence electrons. The van der Waals surface area contributed by atoms with E-state index in [1.54, 1.807) is 0 Å². The average Bonchev–Trinajstić information content (AvgIpc) is 2.59. The second-order valence-corrected chi connectivity index (χ2v) is 6.71. The van der Waals surface area contributed by atoms with Crippen LogP contribution in [0.25, 0.3) is 0 Å². The molecule has 3 nitrogen and oxygen atoms in total. The molecule has 0 saturated heterocycles. The summed E-state index contributed by atoms with van der Waals surface area (Å²) in [6, 6.07) is 18.1. The van der Waals surface area contributed by atoms with Crippen molar-refractivity contribution >= 4 is 11.5 Å². The molecule has 1 atom stereocenters. The summed E-state index contributed by atoms with van der Waals surface area (Å²) in [4.78, 5) is 17.5. The first-order valence-corrected chi connectivity index (χ1v) is 8.44. The predicted molar refractivity (Wildman–Crippen MR) is 102 cm³/mol. The van der Waals surface area contributed by atoms with E-state index in [4.69, 9.17) is 0 Å². The van der Waals surface area contributed by atoms with Gasteiger partial charge in [0.2, 0.25) is 0 Å². The van der Waals surface area contributed by atoms with E-state index in [0.29, 0.717) is 6.42 Å². The monoisotopic (exact) mass is 324 g/mol. The summed E-state index contributed by atoms with van der Waals surface area (Å²) >= 11 is 0. The van der Waals surface area contributed by atoms with Gasteiger partial charge < -0.3 is 4.90 Å². The highest BCUT2D eigenvalue weighted by Crippen LogP contribution is 2.28. The van der Waals surface area contributed by atoms with Gasteiger partial charge in [0.25, 0.3) is 0 Å². The number of likely N-dealkylation sites (N-methyl/N-ethyl adjacent to an activating group) is 1. The van der Waals surface area contributed by atoms with Crippen molar-refractivity contribution in [3.8, 4) is 0 Å². The van der Waals surface area contributed by atoms with E-state index < -0.39 is 5.54 Å². The maximum absolute atomic E-state index is 13.4. The van der Waals surface area contributed by atoms with E-state index in [-0.39, 0.29) is 5.78 Å². The number of rotatable bonds is 7. The third-order valence-corrected chi connectivity index (χ3v) is 4.85. The fourth-order valence-corrected chi connectivity index (χ4v) is 3.16. The Bertz CT molecular complexity index is 662. The molecule has 0 spiro atoms. The molecule has 0 bridgehead atoms. The first-order chi connectivity index (χ1) is 11.4. The van der Waals surface area contributed by atoms with Gasteiger partial charge in [-0.3, -0.25) is 9.69 Å². The summed E-state index contributed by atoms with van der Waals surface area (Å²) < 4.78 is 0. The SMILES string of the molecule is CCC(Cc1ccccc1)(C(=O)c1ccc(N(C)C)cc1)N(C)C. The van der Waals surface area contributed by atoms with E-state index in [1.165, 1.54) is 5.56 Å². The third-order valence-electron chi connectivity index (χ3n) is 4.85. The number of hydrogen-bond acceptors (Lipinski definition) is 3. The zero-order valence-corrected chi connectivity index (χ0v) is 15.4. The highest BCUT2D eigenvalue weighted by molar-refractivity contribution is 6.03. The first-order valence-electron chi connectivity index (χ1n) is 8.44. The average molecular weight is 324 g/mol. The number of hydrogen-bond donors (Lipinski definition) is 0. The molecule has 24 heavy (non-hydrogen) atoms. The van der Waals surface area contributed by atoms with Crippen LogP contribution in [0.3, 0.4) is 0 Å². The lowest BCUT2D eigenvalue weighted by Gasteiger charge is -2.38. The molecule has 3 heteroatoms. The van der Waals surface area contributed by atoms with Crippen LogP contribution in [-0.2, 0) is 6.42 Å². The molecule has 0 saturated carbocycles. The van der Waals surface area contributed by atoms with Crippen molar-refractivity contribution in [2.75, 3.05) is 33.1 Å². The molecule has 2 rings (SSSR count). The summed E-state index contributed by atoms with van der Waals surface area (Å²) in [5.74, 6) is 0.184. The zero-order valence-electron chi connectivity index (χ0n) is 15.4. The summed E-state index contributed by atoms with van der Waals surface area (Å²) in [7, 11) is 8.00. The van der Waals surface area contributed by atoms with Crippen molar-refractivity contribution < 1.29 is 4.79 Å². The van der Waals surface area contributed by atoms with Gasteiger partial charge in [-0.15, -0.1) is 0 Å². The van der Waals surface area contributed by atoms with Crippen LogP contribution >= 0.6 is 0 Å². The van der Waals surface area contributed by atoms with Gasteiger partial charge in [-0.1, -0.05) is 37.3 Å². The van der Waals surface area contributed by atoms with Crippen LogP contribution in [0.5, 0.6) is 0 Å². The van der Waals surface area contributed by atoms with Crippen molar-refractivity contribution in [3.05, 3.63) is 65.7 Å². The smallest absolute Gasteiger partial charge is 0.183 e. The van der Waals surface area contributed by atoms with Crippen LogP contribution in [-0.4, -0.2) is 44.4 Å². The third kappa shape index (κ3) is 3.68. The van der Waals surface area contributed by atoms with E-state index in [1.807, 2.05) is 75.6 Å². The van der Waals surface area contributed by atoms with Gasteiger partial charge in [0, 0.05) is 25.3 Å². The molecule has 0 aliphatic heterocycles. The lowest BCUT2D eigenvalue weighted by atomic mass is 9.80. The number of carbonyl (C=O) groups is 1. The molecule has 0 fully saturated rings. The maximum Gasteiger partial charge on any atom is 0.183 e. The summed E-state index contributed by atoms with van der Waals surface area (Å²) in [5, 5.41) is 0. The summed E-state index contributed by atoms with van der Waals surface area (Å²) in [5.41, 5.74) is 2.53. The van der Waals surface area contributed by atoms with Crippen molar-refractivity contribution in [3.63, 3.8) is 0 Å². The van der Waals surface area contributed by atoms with Crippen molar-refractivity contribution in [2.45, 2.75) is 25.3 Å². The molecular weight excluding hydrogens is 296 g/mol. The zero-order chi connectivity index (χ0) is 17.7. The first kappa shape index (κ1) is 18.2. The van der Waals surface area contributed by atoms with Crippen molar-refractivity contribution in [1.29, 1.82) is 0 Å². The summed E-state index contributed by atoms with van der Waals surface area (Å²) in [6.07, 6.45) is 1.48. The normalized spacial score (nSPS) is 13.6. The number of nitrogens with zero attached hydrogens (tertiary/aromatic N) is 2. The van der Waals surface area contributed by atoms with Crippen molar-refractivity contribution in [2.24, 2.45) is 0 Å². The summed E-state index contributed by atoms with van der Waals surface area (Å²) in [6.45, 7) is 2.09. The quantitative estimate of drug-likeness (QED) is 0.722. The molecule has 0 heterocycles. The highest BCUT2D eigenvalue weighted by atomic mass is 16.1. The largest absolute Gasteiger partial charge is 0.378 e. The molecular formula is C21H28N2O. The molecule has 0 N–H and O–H groups in total. The molecule has 0 aliphatic rings. The minimum atomic E-state index is -0.527. The van der Waals surface area contributed by atoms with Crippen LogP contribution in [0.4, 0.5) is 5.69 Å². The van der Waals surface area contributed by atoms with Gasteiger partial charge >= 0.3 is 0 Å². The van der Waals surface area contributed by atoms with Gasteiger partial charge in [-0.2, -0.15) is 0 Å². The Morgan fingerprint density at radius 2 is 1.50 bits per heavy atom. The molecule has 0 radical (unpaired) electrons. The number of Topliss-reactive ketones (excluding diaryl/α,β-unsaturated/α-hetero) is 1. The topological polar surface area (TPSA) is 23.6 Å². The Balaban J connectivity index is 2.37. The number of benzene rings is 2. The van der Waals surface area contributed by atoms with Crippen LogP contribution < -0.4 is 4.90 Å². The second-order valence-electron chi connectivity index (χ2n) is 6.71.